The molecule has 0 amide bonds. The van der Waals surface area contributed by atoms with Crippen molar-refractivity contribution >= 4 is 0 Å². The maximum atomic E-state index is 5.32. The molecule has 1 fully saturated rings. The number of likely N-dealkylation sites (tertiary alicyclic amines) is 1. The Bertz CT molecular complexity index is 427. The van der Waals surface area contributed by atoms with Crippen LogP contribution in [0, 0.1) is 0 Å². The highest BCUT2D eigenvalue weighted by atomic mass is 16.5. The van der Waals surface area contributed by atoms with Crippen molar-refractivity contribution in [3.05, 3.63) is 24.0 Å². The van der Waals surface area contributed by atoms with Gasteiger partial charge in [-0.2, -0.15) is 0 Å². The molecule has 2 heterocycles. The van der Waals surface area contributed by atoms with Crippen LogP contribution in [0.15, 0.2) is 18.5 Å². The molecule has 20 heavy (non-hydrogen) atoms. The number of methoxy groups -OCH3 is 1. The van der Waals surface area contributed by atoms with Gasteiger partial charge in [-0.15, -0.1) is 0 Å². The minimum atomic E-state index is 0.0700. The van der Waals surface area contributed by atoms with E-state index < -0.39 is 0 Å². The zero-order valence-electron chi connectivity index (χ0n) is 13.1. The molecule has 2 rings (SSSR count). The first-order valence-electron chi connectivity index (χ1n) is 7.57. The highest BCUT2D eigenvalue weighted by Gasteiger charge is 2.37. The summed E-state index contributed by atoms with van der Waals surface area (Å²) in [6, 6.07) is 2.35. The Morgan fingerprint density at radius 1 is 1.35 bits per heavy atom. The SMILES string of the molecule is CCNC(c1cncc(OC)c1)C(C)(C)N1CCCC1. The second-order valence-electron chi connectivity index (χ2n) is 6.00. The highest BCUT2D eigenvalue weighted by molar-refractivity contribution is 5.28. The average molecular weight is 277 g/mol. The fraction of sp³-hybridized carbons (Fsp3) is 0.688. The summed E-state index contributed by atoms with van der Waals surface area (Å²) in [7, 11) is 1.69. The van der Waals surface area contributed by atoms with Gasteiger partial charge in [0.15, 0.2) is 0 Å². The third-order valence-corrected chi connectivity index (χ3v) is 4.34. The number of nitrogens with one attached hydrogen (secondary N) is 1. The number of rotatable bonds is 6. The number of ether oxygens (including phenoxy) is 1. The van der Waals surface area contributed by atoms with E-state index in [0.29, 0.717) is 0 Å². The van der Waals surface area contributed by atoms with Gasteiger partial charge >= 0.3 is 0 Å². The van der Waals surface area contributed by atoms with Crippen molar-refractivity contribution < 1.29 is 4.74 Å². The lowest BCUT2D eigenvalue weighted by molar-refractivity contribution is 0.107. The third-order valence-electron chi connectivity index (χ3n) is 4.34. The van der Waals surface area contributed by atoms with Gasteiger partial charge in [-0.3, -0.25) is 9.88 Å². The third kappa shape index (κ3) is 3.13. The van der Waals surface area contributed by atoms with Crippen molar-refractivity contribution in [2.45, 2.75) is 45.2 Å². The lowest BCUT2D eigenvalue weighted by atomic mass is 9.87. The van der Waals surface area contributed by atoms with E-state index in [1.807, 2.05) is 6.20 Å². The van der Waals surface area contributed by atoms with Crippen LogP contribution in [0.1, 0.15) is 45.2 Å². The number of aromatic nitrogens is 1. The Hall–Kier alpha value is -1.13. The zero-order valence-corrected chi connectivity index (χ0v) is 13.1. The Balaban J connectivity index is 2.28. The van der Waals surface area contributed by atoms with Gasteiger partial charge in [-0.25, -0.2) is 0 Å². The molecule has 1 aromatic rings. The summed E-state index contributed by atoms with van der Waals surface area (Å²) in [5, 5.41) is 3.63. The van der Waals surface area contributed by atoms with Crippen molar-refractivity contribution in [2.24, 2.45) is 0 Å². The van der Waals surface area contributed by atoms with Crippen molar-refractivity contribution in [3.63, 3.8) is 0 Å². The van der Waals surface area contributed by atoms with E-state index in [-0.39, 0.29) is 11.6 Å². The largest absolute Gasteiger partial charge is 0.495 e. The molecule has 1 aliphatic rings. The smallest absolute Gasteiger partial charge is 0.137 e. The molecule has 0 bridgehead atoms. The van der Waals surface area contributed by atoms with Gasteiger partial charge in [0.05, 0.1) is 19.3 Å². The first-order chi connectivity index (χ1) is 9.59. The van der Waals surface area contributed by atoms with E-state index in [9.17, 15) is 0 Å². The first-order valence-corrected chi connectivity index (χ1v) is 7.57. The van der Waals surface area contributed by atoms with Gasteiger partial charge in [0.2, 0.25) is 0 Å². The maximum absolute atomic E-state index is 5.32. The Morgan fingerprint density at radius 3 is 2.65 bits per heavy atom. The molecular formula is C16H27N3O. The summed E-state index contributed by atoms with van der Waals surface area (Å²) < 4.78 is 5.32. The second kappa shape index (κ2) is 6.55. The normalized spacial score (nSPS) is 18.2. The standard InChI is InChI=1S/C16H27N3O/c1-5-18-15(13-10-14(20-4)12-17-11-13)16(2,3)19-8-6-7-9-19/h10-12,15,18H,5-9H2,1-4H3. The van der Waals surface area contributed by atoms with Crippen LogP contribution in [-0.4, -0.2) is 42.2 Å². The first kappa shape index (κ1) is 15.3. The molecule has 0 radical (unpaired) electrons. The Kier molecular flexibility index (Phi) is 5.00. The molecule has 1 aromatic heterocycles. The second-order valence-corrected chi connectivity index (χ2v) is 6.00. The van der Waals surface area contributed by atoms with Crippen LogP contribution in [0.5, 0.6) is 5.75 Å². The number of nitrogens with zero attached hydrogens (tertiary/aromatic N) is 2. The Labute approximate surface area is 122 Å². The zero-order chi connectivity index (χ0) is 14.6. The van der Waals surface area contributed by atoms with E-state index in [1.54, 1.807) is 13.3 Å². The molecule has 1 atom stereocenters. The van der Waals surface area contributed by atoms with E-state index in [0.717, 1.165) is 12.3 Å². The Morgan fingerprint density at radius 2 is 2.05 bits per heavy atom. The quantitative estimate of drug-likeness (QED) is 0.867. The van der Waals surface area contributed by atoms with Crippen LogP contribution in [0.25, 0.3) is 0 Å². The van der Waals surface area contributed by atoms with E-state index >= 15 is 0 Å². The van der Waals surface area contributed by atoms with Crippen molar-refractivity contribution in [1.29, 1.82) is 0 Å². The molecule has 0 saturated carbocycles. The maximum Gasteiger partial charge on any atom is 0.137 e. The molecule has 112 valence electrons. The molecule has 1 N–H and O–H groups in total. The molecule has 1 saturated heterocycles. The average Bonchev–Trinajstić information content (AvgIpc) is 2.99. The van der Waals surface area contributed by atoms with Crippen LogP contribution < -0.4 is 10.1 Å². The fourth-order valence-corrected chi connectivity index (χ4v) is 3.16. The number of likely N-dealkylation sites (N-methyl/N-ethyl adjacent to an activating group) is 1. The lowest BCUT2D eigenvalue weighted by Gasteiger charge is -2.42. The van der Waals surface area contributed by atoms with E-state index in [1.165, 1.54) is 31.5 Å². The van der Waals surface area contributed by atoms with Gasteiger partial charge in [0.25, 0.3) is 0 Å². The molecule has 0 aliphatic carbocycles. The molecule has 4 nitrogen and oxygen atoms in total. The molecule has 4 heteroatoms. The summed E-state index contributed by atoms with van der Waals surface area (Å²) in [5.74, 6) is 0.822. The summed E-state index contributed by atoms with van der Waals surface area (Å²) in [5.41, 5.74) is 1.27. The summed E-state index contributed by atoms with van der Waals surface area (Å²) in [6.45, 7) is 10.1. The predicted octanol–water partition coefficient (Wildman–Crippen LogP) is 2.62. The summed E-state index contributed by atoms with van der Waals surface area (Å²) in [6.07, 6.45) is 6.32. The van der Waals surface area contributed by atoms with E-state index in [2.05, 4.69) is 42.0 Å². The number of pyridine rings is 1. The van der Waals surface area contributed by atoms with Gasteiger partial charge in [-0.05, 0) is 58.0 Å². The molecule has 0 aromatic carbocycles. The van der Waals surface area contributed by atoms with E-state index in [4.69, 9.17) is 4.74 Å². The van der Waals surface area contributed by atoms with Crippen molar-refractivity contribution in [3.8, 4) is 5.75 Å². The topological polar surface area (TPSA) is 37.4 Å². The lowest BCUT2D eigenvalue weighted by Crippen LogP contribution is -2.51. The summed E-state index contributed by atoms with van der Waals surface area (Å²) >= 11 is 0. The van der Waals surface area contributed by atoms with Crippen LogP contribution in [0.3, 0.4) is 0 Å². The van der Waals surface area contributed by atoms with Crippen LogP contribution in [-0.2, 0) is 0 Å². The molecule has 1 aliphatic heterocycles. The van der Waals surface area contributed by atoms with Crippen LogP contribution in [0.2, 0.25) is 0 Å². The van der Waals surface area contributed by atoms with Crippen molar-refractivity contribution in [1.82, 2.24) is 15.2 Å². The summed E-state index contributed by atoms with van der Waals surface area (Å²) in [4.78, 5) is 6.90. The molecular weight excluding hydrogens is 250 g/mol. The minimum absolute atomic E-state index is 0.0700. The van der Waals surface area contributed by atoms with Crippen molar-refractivity contribution in [2.75, 3.05) is 26.7 Å². The minimum Gasteiger partial charge on any atom is -0.495 e. The van der Waals surface area contributed by atoms with Gasteiger partial charge in [0.1, 0.15) is 5.75 Å². The van der Waals surface area contributed by atoms with Gasteiger partial charge in [0, 0.05) is 11.7 Å². The highest BCUT2D eigenvalue weighted by Crippen LogP contribution is 2.34. The van der Waals surface area contributed by atoms with Gasteiger partial charge < -0.3 is 10.1 Å². The van der Waals surface area contributed by atoms with Gasteiger partial charge in [-0.1, -0.05) is 6.92 Å². The predicted molar refractivity (Wildman–Crippen MR) is 82.1 cm³/mol. The molecule has 0 spiro atoms. The van der Waals surface area contributed by atoms with Crippen LogP contribution in [0.4, 0.5) is 0 Å². The molecule has 1 unspecified atom stereocenters. The fourth-order valence-electron chi connectivity index (χ4n) is 3.16. The monoisotopic (exact) mass is 277 g/mol. The number of hydrogen-bond donors (Lipinski definition) is 1. The number of hydrogen-bond acceptors (Lipinski definition) is 4. The van der Waals surface area contributed by atoms with Crippen LogP contribution >= 0.6 is 0 Å².